The van der Waals surface area contributed by atoms with E-state index in [0.29, 0.717) is 0 Å². The molecule has 0 unspecified atom stereocenters. The molecule has 3 heteroatoms. The van der Waals surface area contributed by atoms with Crippen LogP contribution < -0.4 is 5.32 Å². The van der Waals surface area contributed by atoms with Crippen molar-refractivity contribution >= 4 is 23.7 Å². The van der Waals surface area contributed by atoms with Gasteiger partial charge in [-0.2, -0.15) is 0 Å². The molecule has 0 aliphatic carbocycles. The number of nitrogens with one attached hydrogen (secondary N) is 1. The summed E-state index contributed by atoms with van der Waals surface area (Å²) in [5.41, 5.74) is 2.66. The Morgan fingerprint density at radius 1 is 1.09 bits per heavy atom. The third kappa shape index (κ3) is 5.21. The van der Waals surface area contributed by atoms with Crippen molar-refractivity contribution in [3.05, 3.63) is 84.2 Å². The third-order valence-corrected chi connectivity index (χ3v) is 2.84. The van der Waals surface area contributed by atoms with Crippen LogP contribution in [-0.4, -0.2) is 10.9 Å². The fraction of sp³-hybridized carbons (Fsp3) is 0.0526. The Hall–Kier alpha value is -2.94. The molecule has 0 aliphatic rings. The van der Waals surface area contributed by atoms with Crippen LogP contribution in [0.1, 0.15) is 18.2 Å². The highest BCUT2D eigenvalue weighted by Gasteiger charge is 1.97. The Labute approximate surface area is 130 Å². The predicted molar refractivity (Wildman–Crippen MR) is 92.2 cm³/mol. The third-order valence-electron chi connectivity index (χ3n) is 2.84. The smallest absolute Gasteiger partial charge is 0.248 e. The first-order valence-electron chi connectivity index (χ1n) is 7.07. The number of hydrogen-bond acceptors (Lipinski definition) is 2. The molecule has 1 heterocycles. The number of carbonyl (C=O) groups is 1. The van der Waals surface area contributed by atoms with Gasteiger partial charge in [-0.1, -0.05) is 42.5 Å². The van der Waals surface area contributed by atoms with E-state index in [9.17, 15) is 4.79 Å². The topological polar surface area (TPSA) is 42.0 Å². The first-order chi connectivity index (χ1) is 10.8. The molecule has 0 aliphatic heterocycles. The number of allylic oxidation sites excluding steroid dienone is 3. The molecule has 0 fully saturated rings. The Bertz CT molecular complexity index is 700. The number of hydrogen-bond donors (Lipinski definition) is 1. The Balaban J connectivity index is 2.04. The average molecular weight is 290 g/mol. The van der Waals surface area contributed by atoms with Gasteiger partial charge < -0.3 is 5.32 Å². The molecule has 110 valence electrons. The number of carbonyl (C=O) groups excluding carboxylic acids is 1. The lowest BCUT2D eigenvalue weighted by Gasteiger charge is -2.03. The van der Waals surface area contributed by atoms with Gasteiger partial charge in [-0.15, -0.1) is 0 Å². The van der Waals surface area contributed by atoms with E-state index < -0.39 is 0 Å². The van der Waals surface area contributed by atoms with E-state index in [0.717, 1.165) is 16.9 Å². The van der Waals surface area contributed by atoms with Crippen molar-refractivity contribution in [1.82, 2.24) is 4.98 Å². The molecule has 1 amide bonds. The van der Waals surface area contributed by atoms with E-state index in [1.54, 1.807) is 12.3 Å². The Morgan fingerprint density at radius 3 is 2.77 bits per heavy atom. The van der Waals surface area contributed by atoms with Gasteiger partial charge in [0.1, 0.15) is 0 Å². The normalized spacial score (nSPS) is 11.5. The minimum atomic E-state index is -0.149. The predicted octanol–water partition coefficient (Wildman–Crippen LogP) is 4.32. The van der Waals surface area contributed by atoms with Crippen LogP contribution in [0.4, 0.5) is 5.69 Å². The highest BCUT2D eigenvalue weighted by Crippen LogP contribution is 2.13. The maximum Gasteiger partial charge on any atom is 0.248 e. The molecule has 1 aromatic heterocycles. The number of pyridine rings is 1. The van der Waals surface area contributed by atoms with E-state index in [1.165, 1.54) is 6.08 Å². The fourth-order valence-corrected chi connectivity index (χ4v) is 1.81. The summed E-state index contributed by atoms with van der Waals surface area (Å²) in [4.78, 5) is 16.0. The minimum Gasteiger partial charge on any atom is -0.322 e. The van der Waals surface area contributed by atoms with Crippen LogP contribution in [0.3, 0.4) is 0 Å². The summed E-state index contributed by atoms with van der Waals surface area (Å²) in [6, 6.07) is 13.4. The van der Waals surface area contributed by atoms with Gasteiger partial charge in [0.2, 0.25) is 5.91 Å². The van der Waals surface area contributed by atoms with Gasteiger partial charge in [-0.05, 0) is 42.8 Å². The first-order valence-corrected chi connectivity index (χ1v) is 7.07. The number of rotatable bonds is 5. The molecule has 22 heavy (non-hydrogen) atoms. The van der Waals surface area contributed by atoms with Crippen LogP contribution in [-0.2, 0) is 4.79 Å². The highest BCUT2D eigenvalue weighted by atomic mass is 16.1. The van der Waals surface area contributed by atoms with Crippen LogP contribution in [0.25, 0.3) is 12.2 Å². The number of nitrogens with zero attached hydrogens (tertiary/aromatic N) is 1. The molecule has 0 spiro atoms. The first kappa shape index (κ1) is 15.4. The van der Waals surface area contributed by atoms with E-state index in [1.807, 2.05) is 73.7 Å². The molecule has 1 N–H and O–H groups in total. The summed E-state index contributed by atoms with van der Waals surface area (Å²) in [5, 5.41) is 2.83. The second-order valence-electron chi connectivity index (χ2n) is 4.59. The quantitative estimate of drug-likeness (QED) is 0.658. The van der Waals surface area contributed by atoms with Crippen molar-refractivity contribution in [2.75, 3.05) is 5.32 Å². The Kier molecular flexibility index (Phi) is 5.88. The summed E-state index contributed by atoms with van der Waals surface area (Å²) >= 11 is 0. The second kappa shape index (κ2) is 8.37. The molecule has 0 saturated heterocycles. The molecule has 0 radical (unpaired) electrons. The van der Waals surface area contributed by atoms with Gasteiger partial charge in [0.05, 0.1) is 5.69 Å². The number of amides is 1. The molecule has 0 bridgehead atoms. The largest absolute Gasteiger partial charge is 0.322 e. The molecule has 0 atom stereocenters. The van der Waals surface area contributed by atoms with Crippen molar-refractivity contribution < 1.29 is 4.79 Å². The van der Waals surface area contributed by atoms with Crippen molar-refractivity contribution in [2.24, 2.45) is 0 Å². The van der Waals surface area contributed by atoms with Crippen molar-refractivity contribution in [3.63, 3.8) is 0 Å². The summed E-state index contributed by atoms with van der Waals surface area (Å²) in [6.07, 6.45) is 12.5. The van der Waals surface area contributed by atoms with Gasteiger partial charge >= 0.3 is 0 Å². The zero-order valence-corrected chi connectivity index (χ0v) is 12.4. The minimum absolute atomic E-state index is 0.149. The molecule has 2 aromatic rings. The zero-order valence-electron chi connectivity index (χ0n) is 12.4. The Morgan fingerprint density at radius 2 is 2.00 bits per heavy atom. The summed E-state index contributed by atoms with van der Waals surface area (Å²) in [5.74, 6) is -0.149. The summed E-state index contributed by atoms with van der Waals surface area (Å²) in [6.45, 7) is 1.90. The standard InChI is InChI=1S/C19H18N2O/c1-2-3-4-11-19(22)21-18-10-7-8-16(15-18)12-13-17-9-5-6-14-20-17/h2-15H,1H3,(H,21,22)/b3-2+,11-4+,13-12+. The molecule has 2 rings (SSSR count). The SMILES string of the molecule is C/C=C/C=C/C(=O)Nc1cccc(/C=C/c2ccccn2)c1. The highest BCUT2D eigenvalue weighted by molar-refractivity contribution is 5.99. The number of benzene rings is 1. The summed E-state index contributed by atoms with van der Waals surface area (Å²) in [7, 11) is 0. The van der Waals surface area contributed by atoms with Gasteiger partial charge in [0.15, 0.2) is 0 Å². The average Bonchev–Trinajstić information content (AvgIpc) is 2.54. The van der Waals surface area contributed by atoms with Crippen molar-refractivity contribution in [1.29, 1.82) is 0 Å². The number of anilines is 1. The molecule has 1 aromatic carbocycles. The zero-order chi connectivity index (χ0) is 15.6. The fourth-order valence-electron chi connectivity index (χ4n) is 1.81. The van der Waals surface area contributed by atoms with E-state index in [4.69, 9.17) is 0 Å². The lowest BCUT2D eigenvalue weighted by Crippen LogP contribution is -2.07. The molecule has 3 nitrogen and oxygen atoms in total. The van der Waals surface area contributed by atoms with Crippen LogP contribution in [0.15, 0.2) is 73.0 Å². The van der Waals surface area contributed by atoms with Gasteiger partial charge in [0.25, 0.3) is 0 Å². The van der Waals surface area contributed by atoms with Crippen LogP contribution in [0.2, 0.25) is 0 Å². The summed E-state index contributed by atoms with van der Waals surface area (Å²) < 4.78 is 0. The van der Waals surface area contributed by atoms with E-state index in [2.05, 4.69) is 10.3 Å². The van der Waals surface area contributed by atoms with Crippen LogP contribution in [0, 0.1) is 0 Å². The van der Waals surface area contributed by atoms with E-state index in [-0.39, 0.29) is 5.91 Å². The maximum atomic E-state index is 11.7. The molecular formula is C19H18N2O. The van der Waals surface area contributed by atoms with Crippen LogP contribution in [0.5, 0.6) is 0 Å². The monoisotopic (exact) mass is 290 g/mol. The van der Waals surface area contributed by atoms with Crippen molar-refractivity contribution in [2.45, 2.75) is 6.92 Å². The second-order valence-corrected chi connectivity index (χ2v) is 4.59. The van der Waals surface area contributed by atoms with E-state index >= 15 is 0 Å². The van der Waals surface area contributed by atoms with Crippen molar-refractivity contribution in [3.8, 4) is 0 Å². The lowest BCUT2D eigenvalue weighted by molar-refractivity contribution is -0.111. The van der Waals surface area contributed by atoms with Crippen LogP contribution >= 0.6 is 0 Å². The number of aromatic nitrogens is 1. The molecule has 0 saturated carbocycles. The molecular weight excluding hydrogens is 272 g/mol. The maximum absolute atomic E-state index is 11.7. The van der Waals surface area contributed by atoms with Gasteiger partial charge in [-0.25, -0.2) is 0 Å². The van der Waals surface area contributed by atoms with Gasteiger partial charge in [0, 0.05) is 18.0 Å². The lowest BCUT2D eigenvalue weighted by atomic mass is 10.1. The van der Waals surface area contributed by atoms with Gasteiger partial charge in [-0.3, -0.25) is 9.78 Å².